The molecule has 0 bridgehead atoms. The summed E-state index contributed by atoms with van der Waals surface area (Å²) in [6, 6.07) is 6.43. The van der Waals surface area contributed by atoms with Crippen LogP contribution >= 0.6 is 34.2 Å². The Morgan fingerprint density at radius 1 is 1.30 bits per heavy atom. The number of aromatic nitrogens is 2. The largest absolute Gasteiger partial charge is 0.325 e. The van der Waals surface area contributed by atoms with Gasteiger partial charge in [0.15, 0.2) is 0 Å². The van der Waals surface area contributed by atoms with Gasteiger partial charge in [0.1, 0.15) is 5.82 Å². The molecule has 2 aromatic rings. The van der Waals surface area contributed by atoms with E-state index < -0.39 is 0 Å². The molecule has 1 aromatic carbocycles. The number of hydrogen-bond acceptors (Lipinski definition) is 2. The lowest BCUT2D eigenvalue weighted by atomic mass is 10.3. The van der Waals surface area contributed by atoms with Gasteiger partial charge >= 0.3 is 0 Å². The van der Waals surface area contributed by atoms with Crippen LogP contribution in [0.1, 0.15) is 31.0 Å². The summed E-state index contributed by atoms with van der Waals surface area (Å²) in [4.78, 5) is 7.25. The van der Waals surface area contributed by atoms with Crippen LogP contribution in [-0.4, -0.2) is 34.1 Å². The van der Waals surface area contributed by atoms with Crippen molar-refractivity contribution in [2.24, 2.45) is 0 Å². The third-order valence-corrected chi connectivity index (χ3v) is 4.80. The second-order valence-electron chi connectivity index (χ2n) is 5.42. The summed E-state index contributed by atoms with van der Waals surface area (Å²) in [5.74, 6) is 0.989. The van der Waals surface area contributed by atoms with Crippen LogP contribution in [0.4, 0.5) is 0 Å². The Hall–Kier alpha value is -0.330. The van der Waals surface area contributed by atoms with E-state index in [-0.39, 0.29) is 5.38 Å². The van der Waals surface area contributed by atoms with Crippen molar-refractivity contribution in [3.8, 4) is 0 Å². The molecular weight excluding hydrogens is 385 g/mol. The Morgan fingerprint density at radius 2 is 2.05 bits per heavy atom. The van der Waals surface area contributed by atoms with E-state index in [4.69, 9.17) is 16.6 Å². The third-order valence-electron chi connectivity index (χ3n) is 3.93. The minimum atomic E-state index is -0.0568. The summed E-state index contributed by atoms with van der Waals surface area (Å²) in [7, 11) is 0. The van der Waals surface area contributed by atoms with Crippen molar-refractivity contribution >= 4 is 45.2 Å². The predicted molar refractivity (Wildman–Crippen MR) is 92.4 cm³/mol. The quantitative estimate of drug-likeness (QED) is 0.567. The number of imidazole rings is 1. The molecule has 5 heteroatoms. The van der Waals surface area contributed by atoms with Crippen molar-refractivity contribution in [3.05, 3.63) is 27.6 Å². The maximum Gasteiger partial charge on any atom is 0.127 e. The molecule has 1 atom stereocenters. The summed E-state index contributed by atoms with van der Waals surface area (Å²) in [5.41, 5.74) is 2.26. The normalized spacial score (nSPS) is 17.9. The number of fused-ring (bicyclic) bond motifs is 1. The van der Waals surface area contributed by atoms with Gasteiger partial charge in [0, 0.05) is 16.7 Å². The van der Waals surface area contributed by atoms with Crippen molar-refractivity contribution in [3.63, 3.8) is 0 Å². The number of alkyl halides is 1. The molecule has 0 N–H and O–H groups in total. The first-order valence-electron chi connectivity index (χ1n) is 7.17. The number of hydrogen-bond donors (Lipinski definition) is 0. The summed E-state index contributed by atoms with van der Waals surface area (Å²) in [5, 5.41) is -0.0568. The van der Waals surface area contributed by atoms with Crippen molar-refractivity contribution in [1.82, 2.24) is 14.5 Å². The van der Waals surface area contributed by atoms with Crippen LogP contribution < -0.4 is 0 Å². The summed E-state index contributed by atoms with van der Waals surface area (Å²) < 4.78 is 3.51. The summed E-state index contributed by atoms with van der Waals surface area (Å²) >= 11 is 8.64. The molecule has 0 amide bonds. The van der Waals surface area contributed by atoms with E-state index in [0.717, 1.165) is 24.4 Å². The molecule has 1 saturated heterocycles. The second-order valence-corrected chi connectivity index (χ2v) is 7.32. The molecule has 1 aliphatic rings. The average Bonchev–Trinajstić information content (AvgIpc) is 3.02. The Bertz CT molecular complexity index is 602. The number of halogens is 2. The molecule has 2 heterocycles. The van der Waals surface area contributed by atoms with Crippen molar-refractivity contribution in [2.75, 3.05) is 19.6 Å². The molecule has 1 unspecified atom stereocenters. The molecule has 3 rings (SSSR count). The minimum absolute atomic E-state index is 0.0568. The highest BCUT2D eigenvalue weighted by atomic mass is 127. The van der Waals surface area contributed by atoms with Crippen LogP contribution in [-0.2, 0) is 6.54 Å². The fourth-order valence-electron chi connectivity index (χ4n) is 2.91. The Morgan fingerprint density at radius 3 is 2.75 bits per heavy atom. The van der Waals surface area contributed by atoms with Crippen LogP contribution in [0.3, 0.4) is 0 Å². The van der Waals surface area contributed by atoms with Crippen LogP contribution in [0, 0.1) is 3.57 Å². The summed E-state index contributed by atoms with van der Waals surface area (Å²) in [6.45, 7) is 6.53. The zero-order valence-corrected chi connectivity index (χ0v) is 14.6. The van der Waals surface area contributed by atoms with E-state index in [2.05, 4.69) is 50.3 Å². The molecule has 1 aliphatic heterocycles. The lowest BCUT2D eigenvalue weighted by molar-refractivity contribution is 0.322. The molecule has 0 saturated carbocycles. The molecule has 0 radical (unpaired) electrons. The smallest absolute Gasteiger partial charge is 0.127 e. The van der Waals surface area contributed by atoms with Gasteiger partial charge in [-0.3, -0.25) is 0 Å². The fraction of sp³-hybridized carbons (Fsp3) is 0.533. The van der Waals surface area contributed by atoms with Gasteiger partial charge in [-0.25, -0.2) is 4.98 Å². The highest BCUT2D eigenvalue weighted by Crippen LogP contribution is 2.26. The maximum absolute atomic E-state index is 6.32. The van der Waals surface area contributed by atoms with Gasteiger partial charge in [-0.1, -0.05) is 0 Å². The first-order valence-corrected chi connectivity index (χ1v) is 8.69. The van der Waals surface area contributed by atoms with Gasteiger partial charge in [0.25, 0.3) is 0 Å². The topological polar surface area (TPSA) is 21.1 Å². The van der Waals surface area contributed by atoms with Gasteiger partial charge in [0.05, 0.1) is 16.4 Å². The van der Waals surface area contributed by atoms with E-state index >= 15 is 0 Å². The van der Waals surface area contributed by atoms with Crippen molar-refractivity contribution in [2.45, 2.75) is 31.7 Å². The number of likely N-dealkylation sites (tertiary alicyclic amines) is 1. The molecule has 3 nitrogen and oxygen atoms in total. The maximum atomic E-state index is 6.32. The number of rotatable bonds is 4. The van der Waals surface area contributed by atoms with E-state index in [1.165, 1.54) is 35.0 Å². The van der Waals surface area contributed by atoms with E-state index in [1.807, 2.05) is 6.92 Å². The van der Waals surface area contributed by atoms with Crippen molar-refractivity contribution in [1.29, 1.82) is 0 Å². The predicted octanol–water partition coefficient (Wildman–Crippen LogP) is 4.04. The van der Waals surface area contributed by atoms with Gasteiger partial charge in [-0.2, -0.15) is 0 Å². The van der Waals surface area contributed by atoms with Crippen LogP contribution in [0.25, 0.3) is 11.0 Å². The summed E-state index contributed by atoms with van der Waals surface area (Å²) in [6.07, 6.45) is 2.67. The zero-order valence-electron chi connectivity index (χ0n) is 11.6. The Kier molecular flexibility index (Phi) is 4.52. The third kappa shape index (κ3) is 2.97. The highest BCUT2D eigenvalue weighted by Gasteiger charge is 2.17. The molecule has 20 heavy (non-hydrogen) atoms. The van der Waals surface area contributed by atoms with Crippen LogP contribution in [0.5, 0.6) is 0 Å². The van der Waals surface area contributed by atoms with Gasteiger partial charge in [-0.05, 0) is 73.6 Å². The minimum Gasteiger partial charge on any atom is -0.325 e. The van der Waals surface area contributed by atoms with Gasteiger partial charge < -0.3 is 9.47 Å². The zero-order chi connectivity index (χ0) is 14.1. The molecule has 0 aliphatic carbocycles. The van der Waals surface area contributed by atoms with Crippen LogP contribution in [0.2, 0.25) is 0 Å². The first-order chi connectivity index (χ1) is 9.65. The van der Waals surface area contributed by atoms with Crippen molar-refractivity contribution < 1.29 is 0 Å². The standard InChI is InChI=1S/C15H19ClIN3/c1-11(16)15-18-13-10-12(17)4-5-14(13)20(15)9-8-19-6-2-3-7-19/h4-5,10-11H,2-3,6-9H2,1H3. The molecule has 0 spiro atoms. The average molecular weight is 404 g/mol. The monoisotopic (exact) mass is 403 g/mol. The molecule has 108 valence electrons. The Balaban J connectivity index is 1.91. The second kappa shape index (κ2) is 6.20. The lowest BCUT2D eigenvalue weighted by Gasteiger charge is -2.17. The van der Waals surface area contributed by atoms with Crippen LogP contribution in [0.15, 0.2) is 18.2 Å². The van der Waals surface area contributed by atoms with E-state index in [0.29, 0.717) is 0 Å². The number of nitrogens with zero attached hydrogens (tertiary/aromatic N) is 3. The Labute approximate surface area is 138 Å². The van der Waals surface area contributed by atoms with E-state index in [9.17, 15) is 0 Å². The fourth-order valence-corrected chi connectivity index (χ4v) is 3.55. The lowest BCUT2D eigenvalue weighted by Crippen LogP contribution is -2.24. The first kappa shape index (κ1) is 14.6. The molecule has 1 fully saturated rings. The molecule has 1 aromatic heterocycles. The SMILES string of the molecule is CC(Cl)c1nc2cc(I)ccc2n1CCN1CCCC1. The highest BCUT2D eigenvalue weighted by molar-refractivity contribution is 14.1. The van der Waals surface area contributed by atoms with E-state index in [1.54, 1.807) is 0 Å². The van der Waals surface area contributed by atoms with Gasteiger partial charge in [-0.15, -0.1) is 11.6 Å². The van der Waals surface area contributed by atoms with Gasteiger partial charge in [0.2, 0.25) is 0 Å². The molecular formula is C15H19ClIN3. The number of benzene rings is 1.